The highest BCUT2D eigenvalue weighted by Crippen LogP contribution is 2.36. The van der Waals surface area contributed by atoms with Crippen molar-refractivity contribution in [3.05, 3.63) is 47.5 Å². The highest BCUT2D eigenvalue weighted by atomic mass is 28.4. The predicted octanol–water partition coefficient (Wildman–Crippen LogP) is 4.92. The lowest BCUT2D eigenvalue weighted by atomic mass is 9.92. The molecule has 0 spiro atoms. The Morgan fingerprint density at radius 3 is 2.33 bits per heavy atom. The van der Waals surface area contributed by atoms with Gasteiger partial charge in [0.25, 0.3) is 0 Å². The molecular formula is C25H40O4Si. The molecule has 0 bridgehead atoms. The van der Waals surface area contributed by atoms with Crippen LogP contribution in [0.25, 0.3) is 0 Å². The van der Waals surface area contributed by atoms with Gasteiger partial charge in [-0.1, -0.05) is 70.0 Å². The maximum absolute atomic E-state index is 10.6. The first kappa shape index (κ1) is 26.6. The average Bonchev–Trinajstić information content (AvgIpc) is 2.69. The van der Waals surface area contributed by atoms with Crippen molar-refractivity contribution in [3.8, 4) is 12.3 Å². The number of hydrogen-bond donors (Lipinski definition) is 2. The van der Waals surface area contributed by atoms with E-state index in [0.717, 1.165) is 11.1 Å². The van der Waals surface area contributed by atoms with Crippen molar-refractivity contribution in [2.24, 2.45) is 5.92 Å². The fourth-order valence-corrected chi connectivity index (χ4v) is 3.62. The second-order valence-electron chi connectivity index (χ2n) is 9.58. The third-order valence-corrected chi connectivity index (χ3v) is 10.7. The highest BCUT2D eigenvalue weighted by molar-refractivity contribution is 6.74. The molecule has 1 rings (SSSR count). The molecule has 0 heterocycles. The molecule has 4 nitrogen and oxygen atoms in total. The summed E-state index contributed by atoms with van der Waals surface area (Å²) in [4.78, 5) is 0. The van der Waals surface area contributed by atoms with Gasteiger partial charge in [-0.3, -0.25) is 0 Å². The lowest BCUT2D eigenvalue weighted by Gasteiger charge is -2.36. The molecule has 30 heavy (non-hydrogen) atoms. The first-order valence-electron chi connectivity index (χ1n) is 10.7. The van der Waals surface area contributed by atoms with Crippen LogP contribution in [0.4, 0.5) is 0 Å². The molecule has 4 atom stereocenters. The first-order chi connectivity index (χ1) is 13.9. The number of aliphatic hydroxyl groups is 2. The topological polar surface area (TPSA) is 58.9 Å². The van der Waals surface area contributed by atoms with E-state index in [9.17, 15) is 10.2 Å². The third-order valence-electron chi connectivity index (χ3n) is 6.19. The molecule has 1 aromatic rings. The Morgan fingerprint density at radius 1 is 1.20 bits per heavy atom. The normalized spacial score (nSPS) is 17.1. The van der Waals surface area contributed by atoms with Crippen LogP contribution in [0.1, 0.15) is 46.6 Å². The van der Waals surface area contributed by atoms with Gasteiger partial charge in [0.15, 0.2) is 8.32 Å². The van der Waals surface area contributed by atoms with E-state index >= 15 is 0 Å². The predicted molar refractivity (Wildman–Crippen MR) is 127 cm³/mol. The maximum Gasteiger partial charge on any atom is 0.192 e. The summed E-state index contributed by atoms with van der Waals surface area (Å²) in [7, 11) is -1.84. The summed E-state index contributed by atoms with van der Waals surface area (Å²) >= 11 is 0. The van der Waals surface area contributed by atoms with Gasteiger partial charge in [-0.2, -0.15) is 0 Å². The molecule has 0 aliphatic heterocycles. The Hall–Kier alpha value is -1.42. The van der Waals surface area contributed by atoms with Gasteiger partial charge in [-0.25, -0.2) is 0 Å². The SMILES string of the molecule is C#C[C@H](O)[C@@H](C)[C@H](O)C[C@H](OCc1ccccc1)/C(C)=C/CO[Si](C)(C)C(C)(C)C. The maximum atomic E-state index is 10.6. The fourth-order valence-electron chi connectivity index (χ4n) is 2.68. The van der Waals surface area contributed by atoms with Crippen molar-refractivity contribution in [3.63, 3.8) is 0 Å². The highest BCUT2D eigenvalue weighted by Gasteiger charge is 2.36. The molecule has 0 saturated heterocycles. The molecular weight excluding hydrogens is 392 g/mol. The van der Waals surface area contributed by atoms with E-state index in [2.05, 4.69) is 39.8 Å². The fraction of sp³-hybridized carbons (Fsp3) is 0.600. The lowest BCUT2D eigenvalue weighted by molar-refractivity contribution is -0.0107. The quantitative estimate of drug-likeness (QED) is 0.296. The Kier molecular flexibility index (Phi) is 10.5. The van der Waals surface area contributed by atoms with E-state index in [-0.39, 0.29) is 11.1 Å². The van der Waals surface area contributed by atoms with Gasteiger partial charge in [-0.15, -0.1) is 6.42 Å². The number of benzene rings is 1. The lowest BCUT2D eigenvalue weighted by Crippen LogP contribution is -2.40. The average molecular weight is 433 g/mol. The van der Waals surface area contributed by atoms with Crippen LogP contribution in [0.3, 0.4) is 0 Å². The number of ether oxygens (including phenoxy) is 1. The molecule has 0 amide bonds. The summed E-state index contributed by atoms with van der Waals surface area (Å²) in [5.74, 6) is 1.86. The minimum atomic E-state index is -1.84. The van der Waals surface area contributed by atoms with Gasteiger partial charge in [0.2, 0.25) is 0 Å². The van der Waals surface area contributed by atoms with E-state index in [0.29, 0.717) is 19.6 Å². The summed E-state index contributed by atoms with van der Waals surface area (Å²) in [5.41, 5.74) is 2.07. The molecule has 0 saturated carbocycles. The van der Waals surface area contributed by atoms with E-state index < -0.39 is 26.4 Å². The van der Waals surface area contributed by atoms with Crippen LogP contribution in [0.5, 0.6) is 0 Å². The minimum absolute atomic E-state index is 0.148. The molecule has 0 aliphatic rings. The van der Waals surface area contributed by atoms with Crippen molar-refractivity contribution >= 4 is 8.32 Å². The van der Waals surface area contributed by atoms with Crippen molar-refractivity contribution < 1.29 is 19.4 Å². The number of hydrogen-bond acceptors (Lipinski definition) is 4. The Morgan fingerprint density at radius 2 is 1.80 bits per heavy atom. The molecule has 2 N–H and O–H groups in total. The molecule has 0 fully saturated rings. The van der Waals surface area contributed by atoms with Crippen LogP contribution < -0.4 is 0 Å². The van der Waals surface area contributed by atoms with Crippen LogP contribution in [0.2, 0.25) is 18.1 Å². The smallest absolute Gasteiger partial charge is 0.192 e. The largest absolute Gasteiger partial charge is 0.413 e. The molecule has 0 aliphatic carbocycles. The van der Waals surface area contributed by atoms with Gasteiger partial charge in [0.05, 0.1) is 25.4 Å². The van der Waals surface area contributed by atoms with E-state index in [1.54, 1.807) is 6.92 Å². The van der Waals surface area contributed by atoms with Crippen LogP contribution in [0.15, 0.2) is 42.0 Å². The van der Waals surface area contributed by atoms with Gasteiger partial charge >= 0.3 is 0 Å². The first-order valence-corrected chi connectivity index (χ1v) is 13.6. The van der Waals surface area contributed by atoms with E-state index in [1.807, 2.05) is 43.3 Å². The monoisotopic (exact) mass is 432 g/mol. The zero-order chi connectivity index (χ0) is 22.9. The standard InChI is InChI=1S/C25H40O4Si/c1-9-22(26)20(3)23(27)17-24(28-18-21-13-11-10-12-14-21)19(2)15-16-29-30(7,8)25(4,5)6/h1,10-15,20,22-24,26-27H,16-18H2,2-8H3/b19-15+/t20-,22+,23-,24+/m1/s1. The Balaban J connectivity index is 2.88. The molecule has 168 valence electrons. The summed E-state index contributed by atoms with van der Waals surface area (Å²) < 4.78 is 12.4. The molecule has 5 heteroatoms. The zero-order valence-corrected chi connectivity index (χ0v) is 20.7. The molecule has 1 aromatic carbocycles. The van der Waals surface area contributed by atoms with Gasteiger partial charge < -0.3 is 19.4 Å². The van der Waals surface area contributed by atoms with E-state index in [4.69, 9.17) is 15.6 Å². The van der Waals surface area contributed by atoms with Gasteiger partial charge in [0.1, 0.15) is 6.10 Å². The summed E-state index contributed by atoms with van der Waals surface area (Å²) in [6.45, 7) is 15.8. The van der Waals surface area contributed by atoms with Crippen molar-refractivity contribution in [2.75, 3.05) is 6.61 Å². The summed E-state index contributed by atoms with van der Waals surface area (Å²) in [5, 5.41) is 20.7. The third kappa shape index (κ3) is 8.37. The Labute approximate surface area is 184 Å². The van der Waals surface area contributed by atoms with Gasteiger partial charge in [-0.05, 0) is 36.2 Å². The van der Waals surface area contributed by atoms with Gasteiger partial charge in [0, 0.05) is 12.3 Å². The van der Waals surface area contributed by atoms with E-state index in [1.165, 1.54) is 0 Å². The summed E-state index contributed by atoms with van der Waals surface area (Å²) in [6, 6.07) is 9.94. The molecule has 0 unspecified atom stereocenters. The van der Waals surface area contributed by atoms with Crippen molar-refractivity contribution in [1.82, 2.24) is 0 Å². The Bertz CT molecular complexity index is 700. The zero-order valence-electron chi connectivity index (χ0n) is 19.7. The summed E-state index contributed by atoms with van der Waals surface area (Å²) in [6.07, 6.45) is 5.66. The second-order valence-corrected chi connectivity index (χ2v) is 14.4. The molecule has 0 radical (unpaired) electrons. The molecule has 0 aromatic heterocycles. The van der Waals surface area contributed by atoms with Crippen LogP contribution in [-0.2, 0) is 15.8 Å². The minimum Gasteiger partial charge on any atom is -0.413 e. The number of terminal acetylenes is 1. The number of aliphatic hydroxyl groups excluding tert-OH is 2. The van der Waals surface area contributed by atoms with Crippen LogP contribution >= 0.6 is 0 Å². The second kappa shape index (κ2) is 11.8. The van der Waals surface area contributed by atoms with Crippen molar-refractivity contribution in [2.45, 2.75) is 84.1 Å². The number of rotatable bonds is 11. The van der Waals surface area contributed by atoms with Crippen molar-refractivity contribution in [1.29, 1.82) is 0 Å². The van der Waals surface area contributed by atoms with Crippen LogP contribution in [0, 0.1) is 18.3 Å². The van der Waals surface area contributed by atoms with Crippen LogP contribution in [-0.4, -0.2) is 43.4 Å².